The third-order valence-corrected chi connectivity index (χ3v) is 3.31. The van der Waals surface area contributed by atoms with E-state index >= 15 is 0 Å². The topological polar surface area (TPSA) is 41.9 Å². The number of nitrogens with zero attached hydrogens (tertiary/aromatic N) is 4. The van der Waals surface area contributed by atoms with Gasteiger partial charge in [-0.3, -0.25) is 0 Å². The second kappa shape index (κ2) is 5.51. The normalized spacial score (nSPS) is 11.3. The minimum Gasteiger partial charge on any atom is -0.359 e. The van der Waals surface area contributed by atoms with E-state index in [4.69, 9.17) is 0 Å². The quantitative estimate of drug-likeness (QED) is 0.845. The van der Waals surface area contributed by atoms with Crippen molar-refractivity contribution >= 4 is 16.9 Å². The second-order valence-corrected chi connectivity index (χ2v) is 5.58. The van der Waals surface area contributed by atoms with Crippen molar-refractivity contribution in [3.63, 3.8) is 0 Å². The van der Waals surface area contributed by atoms with Crippen LogP contribution in [0.25, 0.3) is 11.0 Å². The zero-order valence-electron chi connectivity index (χ0n) is 12.4. The molecule has 0 unspecified atom stereocenters. The molecule has 0 bridgehead atoms. The van der Waals surface area contributed by atoms with Crippen LogP contribution in [0.2, 0.25) is 0 Å². The van der Waals surface area contributed by atoms with Gasteiger partial charge in [0.05, 0.1) is 5.39 Å². The molecule has 4 nitrogen and oxygen atoms in total. The molecule has 0 aliphatic heterocycles. The van der Waals surface area contributed by atoms with Crippen LogP contribution in [-0.4, -0.2) is 28.5 Å². The van der Waals surface area contributed by atoms with Crippen molar-refractivity contribution in [1.82, 2.24) is 15.0 Å². The van der Waals surface area contributed by atoms with Crippen molar-refractivity contribution in [2.24, 2.45) is 5.92 Å². The summed E-state index contributed by atoms with van der Waals surface area (Å²) in [6.07, 6.45) is 2.76. The minimum absolute atomic E-state index is 0.692. The van der Waals surface area contributed by atoms with Crippen LogP contribution >= 0.6 is 0 Å². The summed E-state index contributed by atoms with van der Waals surface area (Å²) in [6.45, 7) is 9.57. The van der Waals surface area contributed by atoms with Gasteiger partial charge in [0.2, 0.25) is 0 Å². The van der Waals surface area contributed by atoms with Gasteiger partial charge in [-0.1, -0.05) is 13.8 Å². The Morgan fingerprint density at radius 1 is 1.21 bits per heavy atom. The molecule has 2 aromatic rings. The Labute approximate surface area is 114 Å². The van der Waals surface area contributed by atoms with Crippen LogP contribution in [0.4, 0.5) is 5.82 Å². The summed E-state index contributed by atoms with van der Waals surface area (Å²) in [5.41, 5.74) is 2.98. The van der Waals surface area contributed by atoms with Crippen LogP contribution < -0.4 is 4.90 Å². The number of fused-ring (bicyclic) bond motifs is 1. The van der Waals surface area contributed by atoms with Crippen LogP contribution in [0.3, 0.4) is 0 Å². The Bertz CT molecular complexity index is 578. The Morgan fingerprint density at radius 3 is 2.63 bits per heavy atom. The van der Waals surface area contributed by atoms with Crippen molar-refractivity contribution in [1.29, 1.82) is 0 Å². The van der Waals surface area contributed by atoms with E-state index in [1.54, 1.807) is 6.33 Å². The first-order valence-corrected chi connectivity index (χ1v) is 6.79. The lowest BCUT2D eigenvalue weighted by Gasteiger charge is -2.21. The molecule has 0 aromatic carbocycles. The van der Waals surface area contributed by atoms with Gasteiger partial charge >= 0.3 is 0 Å². The number of rotatable bonds is 4. The van der Waals surface area contributed by atoms with E-state index in [1.165, 1.54) is 5.56 Å². The molecule has 0 saturated heterocycles. The molecule has 0 aliphatic rings. The second-order valence-electron chi connectivity index (χ2n) is 5.58. The molecule has 0 N–H and O–H groups in total. The van der Waals surface area contributed by atoms with Gasteiger partial charge in [-0.15, -0.1) is 0 Å². The minimum atomic E-state index is 0.692. The highest BCUT2D eigenvalue weighted by Crippen LogP contribution is 2.25. The van der Waals surface area contributed by atoms with Crippen LogP contribution in [0.5, 0.6) is 0 Å². The lowest BCUT2D eigenvalue weighted by Crippen LogP contribution is -2.21. The van der Waals surface area contributed by atoms with Crippen molar-refractivity contribution in [2.75, 3.05) is 18.5 Å². The molecule has 0 atom stereocenters. The summed E-state index contributed by atoms with van der Waals surface area (Å²) in [4.78, 5) is 15.4. The van der Waals surface area contributed by atoms with Gasteiger partial charge in [-0.05, 0) is 37.8 Å². The molecule has 2 heterocycles. The first-order chi connectivity index (χ1) is 8.99. The molecule has 0 spiro atoms. The van der Waals surface area contributed by atoms with E-state index in [9.17, 15) is 0 Å². The number of anilines is 1. The third kappa shape index (κ3) is 3.00. The van der Waals surface area contributed by atoms with E-state index in [0.29, 0.717) is 5.92 Å². The van der Waals surface area contributed by atoms with Gasteiger partial charge in [0.1, 0.15) is 12.1 Å². The fraction of sp³-hybridized carbons (Fsp3) is 0.533. The number of aromatic nitrogens is 3. The lowest BCUT2D eigenvalue weighted by atomic mass is 10.1. The van der Waals surface area contributed by atoms with Gasteiger partial charge in [0.25, 0.3) is 0 Å². The summed E-state index contributed by atoms with van der Waals surface area (Å²) in [5, 5.41) is 1.07. The summed E-state index contributed by atoms with van der Waals surface area (Å²) in [7, 11) is 2.09. The summed E-state index contributed by atoms with van der Waals surface area (Å²) >= 11 is 0. The number of aryl methyl sites for hydroxylation is 2. The predicted octanol–water partition coefficient (Wildman–Crippen LogP) is 3.12. The van der Waals surface area contributed by atoms with Gasteiger partial charge in [0, 0.05) is 19.3 Å². The maximum absolute atomic E-state index is 4.50. The van der Waals surface area contributed by atoms with E-state index in [0.717, 1.165) is 35.5 Å². The molecule has 2 rings (SSSR count). The van der Waals surface area contributed by atoms with Gasteiger partial charge in [-0.2, -0.15) is 0 Å². The van der Waals surface area contributed by atoms with Crippen molar-refractivity contribution < 1.29 is 0 Å². The standard InChI is InChI=1S/C15H22N4/c1-10(2)6-7-19(5)15-13-11(3)8-12(4)18-14(13)16-9-17-15/h8-10H,6-7H2,1-5H3. The lowest BCUT2D eigenvalue weighted by molar-refractivity contribution is 0.584. The van der Waals surface area contributed by atoms with Crippen LogP contribution in [0, 0.1) is 19.8 Å². The van der Waals surface area contributed by atoms with E-state index < -0.39 is 0 Å². The average Bonchev–Trinajstić information content (AvgIpc) is 2.34. The number of hydrogen-bond donors (Lipinski definition) is 0. The molecule has 0 saturated carbocycles. The Kier molecular flexibility index (Phi) is 3.98. The van der Waals surface area contributed by atoms with E-state index in [2.05, 4.69) is 53.7 Å². The maximum atomic E-state index is 4.50. The van der Waals surface area contributed by atoms with Crippen LogP contribution in [0.15, 0.2) is 12.4 Å². The molecule has 0 amide bonds. The monoisotopic (exact) mass is 258 g/mol. The molecule has 0 aliphatic carbocycles. The molecule has 4 heteroatoms. The number of hydrogen-bond acceptors (Lipinski definition) is 4. The first kappa shape index (κ1) is 13.7. The predicted molar refractivity (Wildman–Crippen MR) is 79.5 cm³/mol. The maximum Gasteiger partial charge on any atom is 0.165 e. The Hall–Kier alpha value is -1.71. The zero-order chi connectivity index (χ0) is 14.0. The molecular formula is C15H22N4. The van der Waals surface area contributed by atoms with Gasteiger partial charge < -0.3 is 4.90 Å². The summed E-state index contributed by atoms with van der Waals surface area (Å²) < 4.78 is 0. The Balaban J connectivity index is 2.43. The fourth-order valence-electron chi connectivity index (χ4n) is 2.24. The van der Waals surface area contributed by atoms with Crippen molar-refractivity contribution in [2.45, 2.75) is 34.1 Å². The fourth-order valence-corrected chi connectivity index (χ4v) is 2.24. The average molecular weight is 258 g/mol. The molecule has 102 valence electrons. The molecule has 0 fully saturated rings. The molecule has 0 radical (unpaired) electrons. The molecule has 2 aromatic heterocycles. The van der Waals surface area contributed by atoms with Gasteiger partial charge in [-0.25, -0.2) is 15.0 Å². The van der Waals surface area contributed by atoms with Gasteiger partial charge in [0.15, 0.2) is 5.65 Å². The largest absolute Gasteiger partial charge is 0.359 e. The highest BCUT2D eigenvalue weighted by molar-refractivity contribution is 5.89. The van der Waals surface area contributed by atoms with Crippen LogP contribution in [-0.2, 0) is 0 Å². The third-order valence-electron chi connectivity index (χ3n) is 3.31. The SMILES string of the molecule is Cc1cc(C)c2c(N(C)CCC(C)C)ncnc2n1. The highest BCUT2D eigenvalue weighted by Gasteiger charge is 2.12. The summed E-state index contributed by atoms with van der Waals surface area (Å²) in [6, 6.07) is 2.09. The molecular weight excluding hydrogens is 236 g/mol. The smallest absolute Gasteiger partial charge is 0.165 e. The zero-order valence-corrected chi connectivity index (χ0v) is 12.4. The van der Waals surface area contributed by atoms with E-state index in [-0.39, 0.29) is 0 Å². The van der Waals surface area contributed by atoms with Crippen molar-refractivity contribution in [3.05, 3.63) is 23.7 Å². The highest BCUT2D eigenvalue weighted by atomic mass is 15.2. The van der Waals surface area contributed by atoms with Crippen molar-refractivity contribution in [3.8, 4) is 0 Å². The summed E-state index contributed by atoms with van der Waals surface area (Å²) in [5.74, 6) is 1.67. The first-order valence-electron chi connectivity index (χ1n) is 6.79. The van der Waals surface area contributed by atoms with E-state index in [1.807, 2.05) is 6.92 Å². The molecule has 19 heavy (non-hydrogen) atoms. The number of pyridine rings is 1. The Morgan fingerprint density at radius 2 is 1.95 bits per heavy atom. The van der Waals surface area contributed by atoms with Crippen LogP contribution in [0.1, 0.15) is 31.5 Å².